The van der Waals surface area contributed by atoms with Gasteiger partial charge in [-0.3, -0.25) is 0 Å². The van der Waals surface area contributed by atoms with Gasteiger partial charge in [0.05, 0.1) is 39.6 Å². The lowest BCUT2D eigenvalue weighted by molar-refractivity contribution is -0.0440. The molecular weight excluding hydrogens is 672 g/mol. The predicted octanol–water partition coefficient (Wildman–Crippen LogP) is 4.09. The summed E-state index contributed by atoms with van der Waals surface area (Å²) in [5.41, 5.74) is 1.78. The van der Waals surface area contributed by atoms with Gasteiger partial charge in [0.15, 0.2) is 23.0 Å². The highest BCUT2D eigenvalue weighted by Crippen LogP contribution is 2.68. The minimum atomic E-state index is -0.453. The Bertz CT molecular complexity index is 1510. The van der Waals surface area contributed by atoms with Crippen LogP contribution >= 0.6 is 0 Å². The second-order valence-corrected chi connectivity index (χ2v) is 16.4. The Morgan fingerprint density at radius 3 is 0.942 bits per heavy atom. The van der Waals surface area contributed by atoms with Gasteiger partial charge in [-0.25, -0.2) is 0 Å². The molecule has 12 rings (SSSR count). The molecular formula is C40H48O12. The summed E-state index contributed by atoms with van der Waals surface area (Å²) in [4.78, 5) is 0. The molecule has 10 fully saturated rings. The van der Waals surface area contributed by atoms with Crippen molar-refractivity contribution in [3.8, 4) is 34.5 Å². The molecule has 2 aromatic carbocycles. The van der Waals surface area contributed by atoms with Gasteiger partial charge in [0.25, 0.3) is 0 Å². The fourth-order valence-electron chi connectivity index (χ4n) is 9.45. The van der Waals surface area contributed by atoms with Crippen LogP contribution in [-0.2, 0) is 33.8 Å². The third-order valence-corrected chi connectivity index (χ3v) is 12.4. The van der Waals surface area contributed by atoms with Gasteiger partial charge in [-0.05, 0) is 67.9 Å². The van der Waals surface area contributed by atoms with Crippen molar-refractivity contribution in [3.63, 3.8) is 0 Å². The Kier molecular flexibility index (Phi) is 8.16. The summed E-state index contributed by atoms with van der Waals surface area (Å²) in [5, 5.41) is 0. The SMILES string of the molecule is c1c(OCC2CO2)c(OCC2CO2)cc(C2(c3cc(OCC4CO4)c(OCC4CO4)cc3OCC3CO3)C3CC4CC(C3)CC2C4)c1OCC1CO1. The quantitative estimate of drug-likeness (QED) is 0.183. The lowest BCUT2D eigenvalue weighted by Gasteiger charge is -2.62. The first kappa shape index (κ1) is 32.4. The van der Waals surface area contributed by atoms with E-state index in [1.54, 1.807) is 0 Å². The first-order valence-corrected chi connectivity index (χ1v) is 19.5. The summed E-state index contributed by atoms with van der Waals surface area (Å²) < 4.78 is 73.1. The molecule has 4 aliphatic carbocycles. The topological polar surface area (TPSA) is 131 Å². The maximum atomic E-state index is 6.82. The van der Waals surface area contributed by atoms with E-state index >= 15 is 0 Å². The van der Waals surface area contributed by atoms with Crippen molar-refractivity contribution in [3.05, 3.63) is 35.4 Å². The molecule has 0 N–H and O–H groups in total. The normalized spacial score (nSPS) is 38.0. The molecule has 6 atom stereocenters. The van der Waals surface area contributed by atoms with Crippen LogP contribution in [0.15, 0.2) is 24.3 Å². The van der Waals surface area contributed by atoms with Crippen molar-refractivity contribution < 1.29 is 56.8 Å². The molecule has 6 unspecified atom stereocenters. The van der Waals surface area contributed by atoms with E-state index in [2.05, 4.69) is 24.3 Å². The van der Waals surface area contributed by atoms with Crippen LogP contribution in [0.3, 0.4) is 0 Å². The smallest absolute Gasteiger partial charge is 0.165 e. The fourth-order valence-corrected chi connectivity index (χ4v) is 9.45. The van der Waals surface area contributed by atoms with E-state index in [0.717, 1.165) is 60.1 Å². The van der Waals surface area contributed by atoms with Crippen molar-refractivity contribution in [1.29, 1.82) is 0 Å². The van der Waals surface area contributed by atoms with Gasteiger partial charge in [0.1, 0.15) is 87.8 Å². The molecule has 6 heterocycles. The summed E-state index contributed by atoms with van der Waals surface area (Å²) in [6.45, 7) is 7.04. The van der Waals surface area contributed by atoms with Crippen LogP contribution in [0.5, 0.6) is 34.5 Å². The van der Waals surface area contributed by atoms with Gasteiger partial charge in [0, 0.05) is 28.7 Å². The molecule has 280 valence electrons. The summed E-state index contributed by atoms with van der Waals surface area (Å²) in [6, 6.07) is 8.56. The monoisotopic (exact) mass is 720 g/mol. The summed E-state index contributed by atoms with van der Waals surface area (Å²) >= 11 is 0. The number of hydrogen-bond acceptors (Lipinski definition) is 12. The lowest BCUT2D eigenvalue weighted by Crippen LogP contribution is -2.56. The van der Waals surface area contributed by atoms with Gasteiger partial charge < -0.3 is 56.8 Å². The first-order valence-electron chi connectivity index (χ1n) is 19.5. The zero-order valence-corrected chi connectivity index (χ0v) is 29.5. The zero-order valence-electron chi connectivity index (χ0n) is 29.5. The standard InChI is InChI=1S/C40H48O12/c1-22-2-24-4-23(1)5-25(3-22)40(24,32-6-36(49-18-28-12-43-28)38(51-20-30-14-45-30)8-34(32)47-16-26-10-41-26)33-7-37(50-19-29-13-44-29)39(52-21-31-15-46-31)9-35(33)48-17-27-11-42-27/h6-9,22-31H,1-5,10-21H2. The predicted molar refractivity (Wildman–Crippen MR) is 182 cm³/mol. The van der Waals surface area contributed by atoms with Crippen molar-refractivity contribution >= 4 is 0 Å². The second kappa shape index (κ2) is 13.1. The summed E-state index contributed by atoms with van der Waals surface area (Å²) in [7, 11) is 0. The first-order chi connectivity index (χ1) is 25.6. The van der Waals surface area contributed by atoms with Crippen LogP contribution < -0.4 is 28.4 Å². The Balaban J connectivity index is 1.08. The average Bonchev–Trinajstić information content (AvgIpc) is 3.94. The number of hydrogen-bond donors (Lipinski definition) is 0. The average molecular weight is 721 g/mol. The van der Waals surface area contributed by atoms with Crippen LogP contribution in [0, 0.1) is 23.7 Å². The third-order valence-electron chi connectivity index (χ3n) is 12.4. The van der Waals surface area contributed by atoms with Gasteiger partial charge in [-0.2, -0.15) is 0 Å². The molecule has 0 amide bonds. The van der Waals surface area contributed by atoms with E-state index in [-0.39, 0.29) is 36.6 Å². The van der Waals surface area contributed by atoms with E-state index in [4.69, 9.17) is 56.8 Å². The Hall–Kier alpha value is -3.00. The minimum Gasteiger partial charge on any atom is -0.490 e. The van der Waals surface area contributed by atoms with Crippen LogP contribution in [0.25, 0.3) is 0 Å². The van der Waals surface area contributed by atoms with E-state index < -0.39 is 5.41 Å². The van der Waals surface area contributed by atoms with Crippen molar-refractivity contribution in [2.75, 3.05) is 79.3 Å². The Labute approximate surface area is 303 Å². The van der Waals surface area contributed by atoms with E-state index in [9.17, 15) is 0 Å². The van der Waals surface area contributed by atoms with Crippen molar-refractivity contribution in [2.45, 2.75) is 74.1 Å². The third kappa shape index (κ3) is 6.79. The molecule has 6 saturated heterocycles. The fraction of sp³-hybridized carbons (Fsp3) is 0.700. The van der Waals surface area contributed by atoms with E-state index in [1.165, 1.54) is 6.42 Å². The summed E-state index contributed by atoms with van der Waals surface area (Å²) in [6.07, 6.45) is 6.47. The molecule has 4 saturated carbocycles. The molecule has 2 aromatic rings. The summed E-state index contributed by atoms with van der Waals surface area (Å²) in [5.74, 6) is 6.50. The highest BCUT2D eigenvalue weighted by Gasteiger charge is 2.61. The van der Waals surface area contributed by atoms with Crippen LogP contribution in [-0.4, -0.2) is 116 Å². The highest BCUT2D eigenvalue weighted by molar-refractivity contribution is 5.63. The van der Waals surface area contributed by atoms with E-state index in [0.29, 0.717) is 114 Å². The van der Waals surface area contributed by atoms with Gasteiger partial charge in [-0.15, -0.1) is 0 Å². The zero-order chi connectivity index (χ0) is 34.2. The maximum Gasteiger partial charge on any atom is 0.165 e. The number of ether oxygens (including phenoxy) is 12. The molecule has 10 aliphatic rings. The van der Waals surface area contributed by atoms with Gasteiger partial charge in [-0.1, -0.05) is 0 Å². The Morgan fingerprint density at radius 2 is 0.654 bits per heavy atom. The molecule has 0 radical (unpaired) electrons. The van der Waals surface area contributed by atoms with Gasteiger partial charge >= 0.3 is 0 Å². The minimum absolute atomic E-state index is 0.0865. The molecule has 0 spiro atoms. The second-order valence-electron chi connectivity index (χ2n) is 16.4. The van der Waals surface area contributed by atoms with Crippen LogP contribution in [0.4, 0.5) is 0 Å². The lowest BCUT2D eigenvalue weighted by atomic mass is 9.42. The van der Waals surface area contributed by atoms with Crippen molar-refractivity contribution in [1.82, 2.24) is 0 Å². The van der Waals surface area contributed by atoms with Crippen molar-refractivity contribution in [2.24, 2.45) is 23.7 Å². The van der Waals surface area contributed by atoms with Crippen LogP contribution in [0.2, 0.25) is 0 Å². The number of rotatable bonds is 20. The number of epoxide rings is 6. The molecule has 52 heavy (non-hydrogen) atoms. The van der Waals surface area contributed by atoms with E-state index in [1.807, 2.05) is 0 Å². The largest absolute Gasteiger partial charge is 0.490 e. The molecule has 6 aliphatic heterocycles. The highest BCUT2D eigenvalue weighted by atomic mass is 16.6. The van der Waals surface area contributed by atoms with Crippen LogP contribution in [0.1, 0.15) is 43.2 Å². The van der Waals surface area contributed by atoms with Gasteiger partial charge in [0.2, 0.25) is 0 Å². The molecule has 12 heteroatoms. The number of benzene rings is 2. The molecule has 0 aromatic heterocycles. The maximum absolute atomic E-state index is 6.82. The Morgan fingerprint density at radius 1 is 0.385 bits per heavy atom. The molecule has 4 bridgehead atoms. The molecule has 12 nitrogen and oxygen atoms in total.